The lowest BCUT2D eigenvalue weighted by Crippen LogP contribution is -2.53. The highest BCUT2D eigenvalue weighted by atomic mass is 79.9. The first kappa shape index (κ1) is 33.9. The number of ether oxygens (including phenoxy) is 2. The van der Waals surface area contributed by atoms with Crippen LogP contribution < -0.4 is 19.1 Å². The highest BCUT2D eigenvalue weighted by molar-refractivity contribution is 9.10. The van der Waals surface area contributed by atoms with Gasteiger partial charge in [-0.3, -0.25) is 13.9 Å². The third-order valence-electron chi connectivity index (χ3n) is 7.19. The minimum atomic E-state index is -4.22. The number of rotatable bonds is 14. The van der Waals surface area contributed by atoms with Gasteiger partial charge in [0.15, 0.2) is 0 Å². The highest BCUT2D eigenvalue weighted by Crippen LogP contribution is 2.31. The number of sulfonamides is 1. The lowest BCUT2D eigenvalue weighted by Gasteiger charge is -2.33. The monoisotopic (exact) mass is 673 g/mol. The number of methoxy groups -OCH3 is 2. The Balaban J connectivity index is 2.09. The number of hydrogen-bond acceptors (Lipinski definition) is 6. The maximum atomic E-state index is 14.2. The van der Waals surface area contributed by atoms with Crippen LogP contribution in [0, 0.1) is 6.92 Å². The van der Waals surface area contributed by atoms with E-state index in [-0.39, 0.29) is 23.4 Å². The van der Waals surface area contributed by atoms with Gasteiger partial charge in [-0.05, 0) is 90.6 Å². The summed E-state index contributed by atoms with van der Waals surface area (Å²) < 4.78 is 40.4. The van der Waals surface area contributed by atoms with E-state index in [2.05, 4.69) is 21.2 Å². The third kappa shape index (κ3) is 8.51. The zero-order valence-electron chi connectivity index (χ0n) is 25.5. The van der Waals surface area contributed by atoms with Gasteiger partial charge in [-0.2, -0.15) is 0 Å². The molecule has 232 valence electrons. The van der Waals surface area contributed by atoms with Gasteiger partial charge in [0.25, 0.3) is 10.0 Å². The number of carbonyl (C=O) groups excluding carboxylic acids is 2. The molecule has 3 aromatic carbocycles. The van der Waals surface area contributed by atoms with Crippen LogP contribution in [-0.4, -0.2) is 58.0 Å². The van der Waals surface area contributed by atoms with Crippen molar-refractivity contribution in [3.05, 3.63) is 82.3 Å². The summed E-state index contributed by atoms with van der Waals surface area (Å²) in [6, 6.07) is 17.7. The van der Waals surface area contributed by atoms with E-state index in [1.165, 1.54) is 24.1 Å². The van der Waals surface area contributed by atoms with Crippen molar-refractivity contribution in [2.75, 3.05) is 25.1 Å². The predicted octanol–water partition coefficient (Wildman–Crippen LogP) is 5.69. The molecular formula is C32H40BrN3O6S. The number of nitrogens with zero attached hydrogens (tertiary/aromatic N) is 2. The first-order chi connectivity index (χ1) is 20.4. The summed E-state index contributed by atoms with van der Waals surface area (Å²) in [4.78, 5) is 29.1. The Morgan fingerprint density at radius 1 is 0.953 bits per heavy atom. The minimum Gasteiger partial charge on any atom is -0.497 e. The van der Waals surface area contributed by atoms with Gasteiger partial charge >= 0.3 is 0 Å². The SMILES string of the molecule is CC[C@@H](C)NC(=O)[C@@H](CC)N(Cc1cccc(OC)c1)C(=O)CN(c1ccc(C)cc1)S(=O)(=O)c1ccc(OC)c(Br)c1. The molecule has 11 heteroatoms. The van der Waals surface area contributed by atoms with Crippen LogP contribution in [0.1, 0.15) is 44.7 Å². The Kier molecular flexibility index (Phi) is 12.0. The van der Waals surface area contributed by atoms with Gasteiger partial charge in [-0.25, -0.2) is 8.42 Å². The summed E-state index contributed by atoms with van der Waals surface area (Å²) in [6.07, 6.45) is 1.06. The third-order valence-corrected chi connectivity index (χ3v) is 9.58. The molecule has 2 atom stereocenters. The van der Waals surface area contributed by atoms with Crippen molar-refractivity contribution < 1.29 is 27.5 Å². The molecular weight excluding hydrogens is 634 g/mol. The van der Waals surface area contributed by atoms with Crippen molar-refractivity contribution in [1.82, 2.24) is 10.2 Å². The van der Waals surface area contributed by atoms with E-state index >= 15 is 0 Å². The van der Waals surface area contributed by atoms with E-state index in [1.807, 2.05) is 39.8 Å². The fourth-order valence-electron chi connectivity index (χ4n) is 4.50. The molecule has 0 aromatic heterocycles. The highest BCUT2D eigenvalue weighted by Gasteiger charge is 2.34. The Bertz CT molecular complexity index is 1510. The summed E-state index contributed by atoms with van der Waals surface area (Å²) in [7, 11) is -1.18. The Hall–Kier alpha value is -3.57. The average molecular weight is 675 g/mol. The van der Waals surface area contributed by atoms with Gasteiger partial charge in [-0.1, -0.05) is 43.7 Å². The molecule has 0 aliphatic heterocycles. The molecule has 0 bridgehead atoms. The van der Waals surface area contributed by atoms with Crippen LogP contribution >= 0.6 is 15.9 Å². The van der Waals surface area contributed by atoms with E-state index < -0.39 is 28.5 Å². The van der Waals surface area contributed by atoms with Crippen molar-refractivity contribution in [1.29, 1.82) is 0 Å². The Labute approximate surface area is 263 Å². The van der Waals surface area contributed by atoms with Crippen LogP contribution in [0.5, 0.6) is 11.5 Å². The number of carbonyl (C=O) groups is 2. The summed E-state index contributed by atoms with van der Waals surface area (Å²) in [5.74, 6) is 0.262. The molecule has 3 rings (SSSR count). The number of benzene rings is 3. The molecule has 2 amide bonds. The molecule has 1 N–H and O–H groups in total. The molecule has 0 spiro atoms. The minimum absolute atomic E-state index is 0.0190. The van der Waals surface area contributed by atoms with Gasteiger partial charge in [0.2, 0.25) is 11.8 Å². The number of anilines is 1. The second kappa shape index (κ2) is 15.2. The standard InChI is InChI=1S/C32H40BrN3O6S/c1-7-23(4)34-32(38)29(8-2)35(20-24-10-9-11-26(18-24)41-5)31(37)21-36(25-14-12-22(3)13-15-25)43(39,40)27-16-17-30(42-6)28(33)19-27/h9-19,23,29H,7-8,20-21H2,1-6H3,(H,34,38)/t23-,29-/m1/s1. The summed E-state index contributed by atoms with van der Waals surface area (Å²) in [5.41, 5.74) is 2.00. The Morgan fingerprint density at radius 3 is 2.23 bits per heavy atom. The summed E-state index contributed by atoms with van der Waals surface area (Å²) in [6.45, 7) is 7.15. The number of aryl methyl sites for hydroxylation is 1. The molecule has 3 aromatic rings. The largest absolute Gasteiger partial charge is 0.497 e. The van der Waals surface area contributed by atoms with Crippen LogP contribution in [-0.2, 0) is 26.2 Å². The van der Waals surface area contributed by atoms with Crippen LogP contribution in [0.4, 0.5) is 5.69 Å². The fourth-order valence-corrected chi connectivity index (χ4v) is 6.64. The van der Waals surface area contributed by atoms with E-state index in [1.54, 1.807) is 49.6 Å². The Morgan fingerprint density at radius 2 is 1.65 bits per heavy atom. The molecule has 0 fully saturated rings. The van der Waals surface area contributed by atoms with Crippen molar-refractivity contribution in [2.45, 2.75) is 64.1 Å². The predicted molar refractivity (Wildman–Crippen MR) is 172 cm³/mol. The fraction of sp³-hybridized carbons (Fsp3) is 0.375. The smallest absolute Gasteiger partial charge is 0.264 e. The van der Waals surface area contributed by atoms with E-state index in [4.69, 9.17) is 9.47 Å². The zero-order chi connectivity index (χ0) is 31.7. The van der Waals surface area contributed by atoms with Gasteiger partial charge in [-0.15, -0.1) is 0 Å². The number of amides is 2. The van der Waals surface area contributed by atoms with Crippen LogP contribution in [0.2, 0.25) is 0 Å². The molecule has 0 radical (unpaired) electrons. The average Bonchev–Trinajstić information content (AvgIpc) is 3.00. The van der Waals surface area contributed by atoms with E-state index in [9.17, 15) is 18.0 Å². The molecule has 0 unspecified atom stereocenters. The molecule has 9 nitrogen and oxygen atoms in total. The number of nitrogens with one attached hydrogen (secondary N) is 1. The van der Waals surface area contributed by atoms with Crippen molar-refractivity contribution in [3.8, 4) is 11.5 Å². The quantitative estimate of drug-likeness (QED) is 0.236. The maximum absolute atomic E-state index is 14.2. The van der Waals surface area contributed by atoms with Crippen molar-refractivity contribution >= 4 is 43.5 Å². The van der Waals surface area contributed by atoms with Crippen molar-refractivity contribution in [3.63, 3.8) is 0 Å². The topological polar surface area (TPSA) is 105 Å². The second-order valence-electron chi connectivity index (χ2n) is 10.3. The summed E-state index contributed by atoms with van der Waals surface area (Å²) in [5, 5.41) is 2.98. The lowest BCUT2D eigenvalue weighted by molar-refractivity contribution is -0.140. The molecule has 0 saturated heterocycles. The first-order valence-corrected chi connectivity index (χ1v) is 16.3. The zero-order valence-corrected chi connectivity index (χ0v) is 27.9. The van der Waals surface area contributed by atoms with E-state index in [0.717, 1.165) is 21.9 Å². The maximum Gasteiger partial charge on any atom is 0.264 e. The van der Waals surface area contributed by atoms with Crippen molar-refractivity contribution in [2.24, 2.45) is 0 Å². The molecule has 0 aliphatic rings. The van der Waals surface area contributed by atoms with Gasteiger partial charge in [0.05, 0.1) is 29.3 Å². The molecule has 0 saturated carbocycles. The van der Waals surface area contributed by atoms with Gasteiger partial charge in [0.1, 0.15) is 24.1 Å². The first-order valence-electron chi connectivity index (χ1n) is 14.1. The molecule has 0 aliphatic carbocycles. The number of halogens is 1. The molecule has 0 heterocycles. The van der Waals surface area contributed by atoms with Crippen LogP contribution in [0.25, 0.3) is 0 Å². The van der Waals surface area contributed by atoms with E-state index in [0.29, 0.717) is 28.1 Å². The van der Waals surface area contributed by atoms with Crippen LogP contribution in [0.15, 0.2) is 76.1 Å². The lowest BCUT2D eigenvalue weighted by atomic mass is 10.1. The molecule has 43 heavy (non-hydrogen) atoms. The second-order valence-corrected chi connectivity index (χ2v) is 13.0. The summed E-state index contributed by atoms with van der Waals surface area (Å²) >= 11 is 3.37. The van der Waals surface area contributed by atoms with Gasteiger partial charge < -0.3 is 19.7 Å². The van der Waals surface area contributed by atoms with Crippen LogP contribution in [0.3, 0.4) is 0 Å². The van der Waals surface area contributed by atoms with Gasteiger partial charge in [0, 0.05) is 12.6 Å². The number of hydrogen-bond donors (Lipinski definition) is 1. The normalized spacial score (nSPS) is 12.6.